The van der Waals surface area contributed by atoms with Crippen LogP contribution in [0.1, 0.15) is 30.8 Å². The summed E-state index contributed by atoms with van der Waals surface area (Å²) in [5.74, 6) is 0.727. The van der Waals surface area contributed by atoms with Crippen molar-refractivity contribution >= 4 is 0 Å². The molecule has 0 unspecified atom stereocenters. The Kier molecular flexibility index (Phi) is 4.78. The van der Waals surface area contributed by atoms with Gasteiger partial charge in [0.05, 0.1) is 23.9 Å². The molecule has 4 nitrogen and oxygen atoms in total. The molecule has 1 heterocycles. The van der Waals surface area contributed by atoms with E-state index >= 15 is 0 Å². The van der Waals surface area contributed by atoms with Gasteiger partial charge < -0.3 is 4.74 Å². The molecule has 0 aliphatic heterocycles. The van der Waals surface area contributed by atoms with Crippen molar-refractivity contribution in [1.82, 2.24) is 9.78 Å². The highest BCUT2D eigenvalue weighted by Gasteiger charge is 2.05. The minimum absolute atomic E-state index is 0.548. The highest BCUT2D eigenvalue weighted by atomic mass is 16.5. The van der Waals surface area contributed by atoms with Crippen molar-refractivity contribution in [2.24, 2.45) is 0 Å². The van der Waals surface area contributed by atoms with Gasteiger partial charge in [0.25, 0.3) is 0 Å². The Morgan fingerprint density at radius 2 is 2.10 bits per heavy atom. The van der Waals surface area contributed by atoms with Crippen LogP contribution in [0.3, 0.4) is 0 Å². The lowest BCUT2D eigenvalue weighted by Crippen LogP contribution is -2.12. The van der Waals surface area contributed by atoms with Gasteiger partial charge in [-0.1, -0.05) is 19.9 Å². The van der Waals surface area contributed by atoms with E-state index in [1.54, 1.807) is 12.1 Å². The molecule has 0 N–H and O–H groups in total. The molecule has 2 aromatic rings. The second-order valence-electron chi connectivity index (χ2n) is 4.55. The molecule has 0 amide bonds. The Bertz CT molecular complexity index is 610. The summed E-state index contributed by atoms with van der Waals surface area (Å²) in [4.78, 5) is 0. The molecule has 2 rings (SSSR count). The van der Waals surface area contributed by atoms with Gasteiger partial charge >= 0.3 is 0 Å². The zero-order valence-electron chi connectivity index (χ0n) is 12.0. The molecular formula is C16H19N3O. The average Bonchev–Trinajstić information content (AvgIpc) is 2.90. The molecule has 0 aliphatic rings. The van der Waals surface area contributed by atoms with E-state index in [4.69, 9.17) is 10.00 Å². The standard InChI is InChI=1S/C16H19N3O/c1-3-14-11-15(4-2)19(18-14)8-9-20-16-7-5-6-13(10-16)12-17/h5-7,10-11H,3-4,8-9H2,1-2H3. The lowest BCUT2D eigenvalue weighted by Gasteiger charge is -2.08. The largest absolute Gasteiger partial charge is 0.492 e. The van der Waals surface area contributed by atoms with Crippen molar-refractivity contribution in [1.29, 1.82) is 5.26 Å². The van der Waals surface area contributed by atoms with E-state index in [1.165, 1.54) is 5.69 Å². The molecule has 1 aromatic carbocycles. The fraction of sp³-hybridized carbons (Fsp3) is 0.375. The number of ether oxygens (including phenoxy) is 1. The summed E-state index contributed by atoms with van der Waals surface area (Å²) in [5, 5.41) is 13.4. The Morgan fingerprint density at radius 3 is 2.80 bits per heavy atom. The topological polar surface area (TPSA) is 50.8 Å². The fourth-order valence-electron chi connectivity index (χ4n) is 2.07. The predicted molar refractivity (Wildman–Crippen MR) is 77.6 cm³/mol. The quantitative estimate of drug-likeness (QED) is 0.810. The van der Waals surface area contributed by atoms with Gasteiger partial charge in [0.15, 0.2) is 0 Å². The van der Waals surface area contributed by atoms with Gasteiger partial charge in [-0.15, -0.1) is 0 Å². The normalized spacial score (nSPS) is 10.2. The number of rotatable bonds is 6. The first-order valence-corrected chi connectivity index (χ1v) is 6.95. The fourth-order valence-corrected chi connectivity index (χ4v) is 2.07. The van der Waals surface area contributed by atoms with Crippen LogP contribution in [-0.2, 0) is 19.4 Å². The number of hydrogen-bond donors (Lipinski definition) is 0. The van der Waals surface area contributed by atoms with Crippen LogP contribution in [0.5, 0.6) is 5.75 Å². The monoisotopic (exact) mass is 269 g/mol. The van der Waals surface area contributed by atoms with Crippen LogP contribution < -0.4 is 4.74 Å². The maximum Gasteiger partial charge on any atom is 0.120 e. The Labute approximate surface area is 119 Å². The second kappa shape index (κ2) is 6.76. The van der Waals surface area contributed by atoms with Crippen LogP contribution in [-0.4, -0.2) is 16.4 Å². The summed E-state index contributed by atoms with van der Waals surface area (Å²) >= 11 is 0. The number of nitrogens with zero attached hydrogens (tertiary/aromatic N) is 3. The van der Waals surface area contributed by atoms with Crippen LogP contribution in [0.25, 0.3) is 0 Å². The molecule has 0 radical (unpaired) electrons. The molecule has 0 atom stereocenters. The van der Waals surface area contributed by atoms with E-state index in [9.17, 15) is 0 Å². The SMILES string of the molecule is CCc1cc(CC)n(CCOc2cccc(C#N)c2)n1. The summed E-state index contributed by atoms with van der Waals surface area (Å²) in [6.45, 7) is 5.51. The Morgan fingerprint density at radius 1 is 1.25 bits per heavy atom. The Hall–Kier alpha value is -2.28. The molecule has 1 aromatic heterocycles. The molecule has 20 heavy (non-hydrogen) atoms. The maximum absolute atomic E-state index is 8.84. The number of aromatic nitrogens is 2. The van der Waals surface area contributed by atoms with E-state index in [-0.39, 0.29) is 0 Å². The summed E-state index contributed by atoms with van der Waals surface area (Å²) in [6, 6.07) is 11.5. The molecular weight excluding hydrogens is 250 g/mol. The van der Waals surface area contributed by atoms with E-state index in [1.807, 2.05) is 16.8 Å². The third-order valence-corrected chi connectivity index (χ3v) is 3.17. The van der Waals surface area contributed by atoms with Crippen LogP contribution in [0.2, 0.25) is 0 Å². The van der Waals surface area contributed by atoms with Crippen LogP contribution >= 0.6 is 0 Å². The van der Waals surface area contributed by atoms with Gasteiger partial charge in [-0.3, -0.25) is 4.68 Å². The van der Waals surface area contributed by atoms with E-state index in [0.29, 0.717) is 12.2 Å². The molecule has 4 heteroatoms. The van der Waals surface area contributed by atoms with E-state index in [0.717, 1.165) is 30.8 Å². The lowest BCUT2D eigenvalue weighted by atomic mass is 10.2. The molecule has 0 saturated heterocycles. The predicted octanol–water partition coefficient (Wildman–Crippen LogP) is 2.96. The molecule has 104 valence electrons. The molecule has 0 saturated carbocycles. The van der Waals surface area contributed by atoms with Crippen molar-refractivity contribution in [2.75, 3.05) is 6.61 Å². The minimum Gasteiger partial charge on any atom is -0.492 e. The summed E-state index contributed by atoms with van der Waals surface area (Å²) in [5.41, 5.74) is 2.97. The van der Waals surface area contributed by atoms with Gasteiger partial charge in [0, 0.05) is 5.69 Å². The van der Waals surface area contributed by atoms with Crippen molar-refractivity contribution in [3.8, 4) is 11.8 Å². The third-order valence-electron chi connectivity index (χ3n) is 3.17. The number of aryl methyl sites for hydroxylation is 2. The van der Waals surface area contributed by atoms with Crippen molar-refractivity contribution < 1.29 is 4.74 Å². The smallest absolute Gasteiger partial charge is 0.120 e. The Balaban J connectivity index is 1.95. The van der Waals surface area contributed by atoms with Crippen molar-refractivity contribution in [3.63, 3.8) is 0 Å². The zero-order chi connectivity index (χ0) is 14.4. The van der Waals surface area contributed by atoms with Gasteiger partial charge in [0.1, 0.15) is 12.4 Å². The number of hydrogen-bond acceptors (Lipinski definition) is 3. The van der Waals surface area contributed by atoms with E-state index in [2.05, 4.69) is 31.1 Å². The zero-order valence-corrected chi connectivity index (χ0v) is 12.0. The maximum atomic E-state index is 8.84. The van der Waals surface area contributed by atoms with Gasteiger partial charge in [-0.25, -0.2) is 0 Å². The van der Waals surface area contributed by atoms with Gasteiger partial charge in [0.2, 0.25) is 0 Å². The van der Waals surface area contributed by atoms with Crippen molar-refractivity contribution in [3.05, 3.63) is 47.3 Å². The van der Waals surface area contributed by atoms with Gasteiger partial charge in [-0.05, 0) is 37.1 Å². The van der Waals surface area contributed by atoms with E-state index < -0.39 is 0 Å². The highest BCUT2D eigenvalue weighted by Crippen LogP contribution is 2.13. The van der Waals surface area contributed by atoms with Gasteiger partial charge in [-0.2, -0.15) is 10.4 Å². The van der Waals surface area contributed by atoms with Crippen molar-refractivity contribution in [2.45, 2.75) is 33.2 Å². The number of nitriles is 1. The number of benzene rings is 1. The minimum atomic E-state index is 0.548. The molecule has 0 spiro atoms. The van der Waals surface area contributed by atoms with Crippen LogP contribution in [0.15, 0.2) is 30.3 Å². The second-order valence-corrected chi connectivity index (χ2v) is 4.55. The third kappa shape index (κ3) is 3.39. The average molecular weight is 269 g/mol. The molecule has 0 aliphatic carbocycles. The lowest BCUT2D eigenvalue weighted by molar-refractivity contribution is 0.289. The summed E-state index contributed by atoms with van der Waals surface area (Å²) < 4.78 is 7.69. The first-order chi connectivity index (χ1) is 9.76. The van der Waals surface area contributed by atoms with Crippen LogP contribution in [0, 0.1) is 11.3 Å². The molecule has 0 fully saturated rings. The molecule has 0 bridgehead atoms. The summed E-state index contributed by atoms with van der Waals surface area (Å²) in [7, 11) is 0. The highest BCUT2D eigenvalue weighted by molar-refractivity contribution is 5.36. The first kappa shape index (κ1) is 14.1. The first-order valence-electron chi connectivity index (χ1n) is 6.95. The van der Waals surface area contributed by atoms with Crippen LogP contribution in [0.4, 0.5) is 0 Å². The summed E-state index contributed by atoms with van der Waals surface area (Å²) in [6.07, 6.45) is 1.92.